The Bertz CT molecular complexity index is 865. The average molecular weight is 399 g/mol. The number of hydrogen-bond acceptors (Lipinski definition) is 4. The normalized spacial score (nSPS) is 22.7. The number of H-pyrrole nitrogens is 1. The number of nitrogens with zero attached hydrogens (tertiary/aromatic N) is 4. The van der Waals surface area contributed by atoms with Gasteiger partial charge in [0.1, 0.15) is 5.69 Å². The first-order valence-electron chi connectivity index (χ1n) is 11.1. The largest absolute Gasteiger partial charge is 0.350 e. The molecule has 0 aromatic carbocycles. The summed E-state index contributed by atoms with van der Waals surface area (Å²) in [6, 6.07) is 2.78. The second kappa shape index (κ2) is 8.30. The molecule has 2 saturated heterocycles. The Kier molecular flexibility index (Phi) is 5.76. The third-order valence-corrected chi connectivity index (χ3v) is 6.65. The molecular weight excluding hydrogens is 364 g/mol. The van der Waals surface area contributed by atoms with Crippen LogP contribution in [0.15, 0.2) is 6.07 Å². The van der Waals surface area contributed by atoms with Crippen LogP contribution in [0.3, 0.4) is 0 Å². The van der Waals surface area contributed by atoms with Gasteiger partial charge in [-0.15, -0.1) is 0 Å². The number of aromatic amines is 1. The molecule has 0 radical (unpaired) electrons. The predicted octanol–water partition coefficient (Wildman–Crippen LogP) is 3.47. The number of rotatable bonds is 5. The molecule has 2 N–H and O–H groups in total. The van der Waals surface area contributed by atoms with Crippen molar-refractivity contribution in [2.24, 2.45) is 5.92 Å². The molecular formula is C22H34N6O. The van der Waals surface area contributed by atoms with Gasteiger partial charge in [0.2, 0.25) is 0 Å². The zero-order valence-corrected chi connectivity index (χ0v) is 18.2. The number of carbonyl (C=O) groups is 1. The summed E-state index contributed by atoms with van der Waals surface area (Å²) in [5, 5.41) is 15.1. The van der Waals surface area contributed by atoms with E-state index in [0.29, 0.717) is 23.7 Å². The summed E-state index contributed by atoms with van der Waals surface area (Å²) in [6.07, 6.45) is 6.36. The van der Waals surface area contributed by atoms with Gasteiger partial charge >= 0.3 is 0 Å². The number of piperidine rings is 2. The summed E-state index contributed by atoms with van der Waals surface area (Å²) < 4.78 is 2.01. The van der Waals surface area contributed by atoms with E-state index in [1.54, 1.807) is 0 Å². The van der Waals surface area contributed by atoms with Crippen molar-refractivity contribution in [1.29, 1.82) is 0 Å². The van der Waals surface area contributed by atoms with E-state index in [4.69, 9.17) is 0 Å². The highest BCUT2D eigenvalue weighted by atomic mass is 16.1. The van der Waals surface area contributed by atoms with Gasteiger partial charge in [-0.3, -0.25) is 14.6 Å². The molecule has 2 aromatic rings. The fourth-order valence-electron chi connectivity index (χ4n) is 5.24. The molecule has 2 unspecified atom stereocenters. The minimum Gasteiger partial charge on any atom is -0.350 e. The maximum Gasteiger partial charge on any atom is 0.269 e. The van der Waals surface area contributed by atoms with Crippen molar-refractivity contribution in [2.45, 2.75) is 71.9 Å². The van der Waals surface area contributed by atoms with Crippen LogP contribution in [0.25, 0.3) is 11.3 Å². The Hall–Kier alpha value is -2.15. The molecule has 0 saturated carbocycles. The summed E-state index contributed by atoms with van der Waals surface area (Å²) in [5.41, 5.74) is 4.34. The summed E-state index contributed by atoms with van der Waals surface area (Å²) >= 11 is 0. The summed E-state index contributed by atoms with van der Waals surface area (Å²) in [4.78, 5) is 15.4. The van der Waals surface area contributed by atoms with E-state index in [1.807, 2.05) is 17.7 Å². The molecule has 0 aliphatic carbocycles. The van der Waals surface area contributed by atoms with E-state index in [2.05, 4.69) is 46.3 Å². The average Bonchev–Trinajstić information content (AvgIpc) is 3.30. The van der Waals surface area contributed by atoms with Crippen molar-refractivity contribution in [2.75, 3.05) is 19.6 Å². The number of aromatic nitrogens is 4. The molecule has 0 spiro atoms. The van der Waals surface area contributed by atoms with Gasteiger partial charge in [-0.1, -0.05) is 6.42 Å². The molecule has 2 fully saturated rings. The lowest BCUT2D eigenvalue weighted by Gasteiger charge is -2.44. The Labute approximate surface area is 173 Å². The predicted molar refractivity (Wildman–Crippen MR) is 114 cm³/mol. The van der Waals surface area contributed by atoms with Crippen LogP contribution in [-0.4, -0.2) is 56.5 Å². The number of nitrogens with one attached hydrogen (secondary N) is 2. The summed E-state index contributed by atoms with van der Waals surface area (Å²) in [5.74, 6) is 0.493. The van der Waals surface area contributed by atoms with Crippen LogP contribution in [0.2, 0.25) is 0 Å². The lowest BCUT2D eigenvalue weighted by molar-refractivity contribution is 0.0575. The van der Waals surface area contributed by atoms with Crippen molar-refractivity contribution in [1.82, 2.24) is 30.2 Å². The van der Waals surface area contributed by atoms with Crippen LogP contribution < -0.4 is 5.32 Å². The fourth-order valence-corrected chi connectivity index (χ4v) is 5.24. The SMILES string of the molecule is Cc1nn(C(C)C)c(C)c1-c1cc(C(=O)NCC2CCCN3CCCCC23)[nH]n1. The minimum absolute atomic E-state index is 0.0664. The topological polar surface area (TPSA) is 78.8 Å². The molecule has 4 rings (SSSR count). The van der Waals surface area contributed by atoms with E-state index in [-0.39, 0.29) is 5.91 Å². The lowest BCUT2D eigenvalue weighted by atomic mass is 9.83. The third-order valence-electron chi connectivity index (χ3n) is 6.65. The van der Waals surface area contributed by atoms with Crippen molar-refractivity contribution in [3.63, 3.8) is 0 Å². The highest BCUT2D eigenvalue weighted by Crippen LogP contribution is 2.31. The molecule has 29 heavy (non-hydrogen) atoms. The molecule has 7 nitrogen and oxygen atoms in total. The van der Waals surface area contributed by atoms with E-state index in [0.717, 1.165) is 29.2 Å². The van der Waals surface area contributed by atoms with Gasteiger partial charge in [-0.25, -0.2) is 0 Å². The molecule has 0 bridgehead atoms. The highest BCUT2D eigenvalue weighted by Gasteiger charge is 2.33. The van der Waals surface area contributed by atoms with Crippen LogP contribution in [0, 0.1) is 19.8 Å². The van der Waals surface area contributed by atoms with Crippen molar-refractivity contribution >= 4 is 5.91 Å². The maximum atomic E-state index is 12.8. The van der Waals surface area contributed by atoms with Gasteiger partial charge in [0.25, 0.3) is 5.91 Å². The van der Waals surface area contributed by atoms with Crippen molar-refractivity contribution < 1.29 is 4.79 Å². The second-order valence-electron chi connectivity index (χ2n) is 8.96. The number of aryl methyl sites for hydroxylation is 1. The molecule has 2 aliphatic heterocycles. The smallest absolute Gasteiger partial charge is 0.269 e. The Balaban J connectivity index is 1.43. The van der Waals surface area contributed by atoms with Crippen molar-refractivity contribution in [3.8, 4) is 11.3 Å². The zero-order valence-electron chi connectivity index (χ0n) is 18.2. The van der Waals surface area contributed by atoms with E-state index in [9.17, 15) is 4.79 Å². The lowest BCUT2D eigenvalue weighted by Crippen LogP contribution is -2.51. The molecule has 7 heteroatoms. The molecule has 1 amide bonds. The fraction of sp³-hybridized carbons (Fsp3) is 0.682. The maximum absolute atomic E-state index is 12.8. The van der Waals surface area contributed by atoms with Gasteiger partial charge in [-0.05, 0) is 78.5 Å². The number of amides is 1. The van der Waals surface area contributed by atoms with Crippen LogP contribution in [0.4, 0.5) is 0 Å². The first kappa shape index (κ1) is 20.1. The first-order valence-corrected chi connectivity index (χ1v) is 11.1. The van der Waals surface area contributed by atoms with Gasteiger partial charge < -0.3 is 10.2 Å². The summed E-state index contributed by atoms with van der Waals surface area (Å²) in [6.45, 7) is 11.5. The Morgan fingerprint density at radius 2 is 2.03 bits per heavy atom. The Morgan fingerprint density at radius 3 is 2.79 bits per heavy atom. The Morgan fingerprint density at radius 1 is 1.24 bits per heavy atom. The molecule has 2 aliphatic rings. The van der Waals surface area contributed by atoms with Crippen LogP contribution in [0.5, 0.6) is 0 Å². The molecule has 2 atom stereocenters. The van der Waals surface area contributed by atoms with E-state index >= 15 is 0 Å². The van der Waals surface area contributed by atoms with Crippen LogP contribution >= 0.6 is 0 Å². The van der Waals surface area contributed by atoms with E-state index < -0.39 is 0 Å². The minimum atomic E-state index is -0.0664. The van der Waals surface area contributed by atoms with Crippen LogP contribution in [0.1, 0.15) is 73.9 Å². The monoisotopic (exact) mass is 398 g/mol. The van der Waals surface area contributed by atoms with Gasteiger partial charge in [0.05, 0.1) is 11.4 Å². The van der Waals surface area contributed by atoms with E-state index in [1.165, 1.54) is 45.2 Å². The zero-order chi connectivity index (χ0) is 20.5. The highest BCUT2D eigenvalue weighted by molar-refractivity contribution is 5.93. The molecule has 2 aromatic heterocycles. The second-order valence-corrected chi connectivity index (χ2v) is 8.96. The van der Waals surface area contributed by atoms with Gasteiger partial charge in [0.15, 0.2) is 0 Å². The quantitative estimate of drug-likeness (QED) is 0.808. The van der Waals surface area contributed by atoms with Gasteiger partial charge in [0, 0.05) is 29.9 Å². The number of hydrogen-bond donors (Lipinski definition) is 2. The van der Waals surface area contributed by atoms with Gasteiger partial charge in [-0.2, -0.15) is 10.2 Å². The number of carbonyl (C=O) groups excluding carboxylic acids is 1. The molecule has 4 heterocycles. The van der Waals surface area contributed by atoms with Crippen LogP contribution in [-0.2, 0) is 0 Å². The standard InChI is InChI=1S/C22H34N6O/c1-14(2)28-16(4)21(15(3)26-28)18-12-19(25-24-18)22(29)23-13-17-8-7-11-27-10-6-5-9-20(17)27/h12,14,17,20H,5-11,13H2,1-4H3,(H,23,29)(H,24,25). The molecule has 158 valence electrons. The number of fused-ring (bicyclic) bond motifs is 1. The summed E-state index contributed by atoms with van der Waals surface area (Å²) in [7, 11) is 0. The first-order chi connectivity index (χ1) is 14.0. The third kappa shape index (κ3) is 3.97. The van der Waals surface area contributed by atoms with Crippen molar-refractivity contribution in [3.05, 3.63) is 23.1 Å².